The van der Waals surface area contributed by atoms with Gasteiger partial charge in [-0.05, 0) is 12.1 Å². The van der Waals surface area contributed by atoms with Crippen LogP contribution in [0.4, 0.5) is 8.78 Å². The largest absolute Gasteiger partial charge is 0.354 e. The van der Waals surface area contributed by atoms with Gasteiger partial charge in [0.1, 0.15) is 30.0 Å². The molecule has 0 amide bonds. The Hall–Kier alpha value is -2.02. The van der Waals surface area contributed by atoms with Crippen LogP contribution >= 0.6 is 11.6 Å². The van der Waals surface area contributed by atoms with Crippen LogP contribution in [-0.2, 0) is 10.3 Å². The molecule has 2 aliphatic heterocycles. The maximum Gasteiger partial charge on any atom is 0.142 e. The van der Waals surface area contributed by atoms with Gasteiger partial charge in [-0.25, -0.2) is 8.78 Å². The van der Waals surface area contributed by atoms with E-state index in [4.69, 9.17) is 16.3 Å². The summed E-state index contributed by atoms with van der Waals surface area (Å²) < 4.78 is 33.7. The lowest BCUT2D eigenvalue weighted by Crippen LogP contribution is -2.39. The smallest absolute Gasteiger partial charge is 0.142 e. The predicted molar refractivity (Wildman–Crippen MR) is 86.5 cm³/mol. The van der Waals surface area contributed by atoms with Crippen molar-refractivity contribution in [1.29, 1.82) is 0 Å². The minimum Gasteiger partial charge on any atom is -0.354 e. The van der Waals surface area contributed by atoms with Crippen molar-refractivity contribution < 1.29 is 13.5 Å². The highest BCUT2D eigenvalue weighted by molar-refractivity contribution is 6.31. The molecule has 0 bridgehead atoms. The molecule has 2 aromatic carbocycles. The Bertz CT molecular complexity index is 808. The first-order valence-corrected chi connectivity index (χ1v) is 7.85. The highest BCUT2D eigenvalue weighted by atomic mass is 35.5. The molecule has 2 aromatic rings. The summed E-state index contributed by atoms with van der Waals surface area (Å²) in [5.41, 5.74) is 3.12. The van der Waals surface area contributed by atoms with Crippen LogP contribution in [0.25, 0.3) is 0 Å². The van der Waals surface area contributed by atoms with E-state index in [1.807, 2.05) is 18.2 Å². The van der Waals surface area contributed by atoms with Crippen molar-refractivity contribution in [1.82, 2.24) is 10.4 Å². The third kappa shape index (κ3) is 2.56. The first-order valence-electron chi connectivity index (χ1n) is 7.47. The Balaban J connectivity index is 1.73. The Morgan fingerprint density at radius 1 is 1.29 bits per heavy atom. The predicted octanol–water partition coefficient (Wildman–Crippen LogP) is 3.39. The summed E-state index contributed by atoms with van der Waals surface area (Å²) in [6.07, 6.45) is 1.16. The molecule has 1 saturated heterocycles. The van der Waals surface area contributed by atoms with E-state index in [1.165, 1.54) is 12.1 Å². The second-order valence-electron chi connectivity index (χ2n) is 5.81. The lowest BCUT2D eigenvalue weighted by molar-refractivity contribution is 0.175. The van der Waals surface area contributed by atoms with Gasteiger partial charge < -0.3 is 10.2 Å². The number of nitrogens with one attached hydrogen (secondary N) is 1. The Morgan fingerprint density at radius 3 is 2.83 bits per heavy atom. The van der Waals surface area contributed by atoms with Gasteiger partial charge in [0.15, 0.2) is 0 Å². The Kier molecular flexibility index (Phi) is 3.75. The number of ether oxygens (including phenoxy) is 1. The van der Waals surface area contributed by atoms with Gasteiger partial charge in [0, 0.05) is 22.2 Å². The van der Waals surface area contributed by atoms with Gasteiger partial charge in [-0.3, -0.25) is 4.99 Å². The van der Waals surface area contributed by atoms with Crippen molar-refractivity contribution in [3.05, 3.63) is 70.2 Å². The van der Waals surface area contributed by atoms with Crippen LogP contribution in [0.2, 0.25) is 5.02 Å². The molecule has 7 heteroatoms. The van der Waals surface area contributed by atoms with Crippen LogP contribution in [-0.4, -0.2) is 24.6 Å². The van der Waals surface area contributed by atoms with Gasteiger partial charge in [-0.1, -0.05) is 35.9 Å². The molecule has 1 N–H and O–H groups in total. The van der Waals surface area contributed by atoms with Crippen molar-refractivity contribution in [3.63, 3.8) is 0 Å². The molecule has 0 unspecified atom stereocenters. The molecule has 0 saturated carbocycles. The summed E-state index contributed by atoms with van der Waals surface area (Å²) in [5.74, 6) is -1.26. The van der Waals surface area contributed by atoms with Gasteiger partial charge in [0.25, 0.3) is 0 Å². The number of epoxide rings is 1. The van der Waals surface area contributed by atoms with Crippen molar-refractivity contribution in [3.8, 4) is 0 Å². The molecule has 124 valence electrons. The molecule has 1 fully saturated rings. The SMILES string of the molecule is Fc1ccc([C@]2(CN3CN=CN3)O[C@@H]2c2ccccc2Cl)c(F)c1. The zero-order valence-corrected chi connectivity index (χ0v) is 13.3. The van der Waals surface area contributed by atoms with Gasteiger partial charge >= 0.3 is 0 Å². The van der Waals surface area contributed by atoms with E-state index >= 15 is 0 Å². The number of hydrogen-bond acceptors (Lipinski definition) is 4. The molecule has 2 aliphatic rings. The molecule has 0 aromatic heterocycles. The van der Waals surface area contributed by atoms with E-state index < -0.39 is 23.3 Å². The zero-order chi connectivity index (χ0) is 16.7. The lowest BCUT2D eigenvalue weighted by Gasteiger charge is -2.21. The van der Waals surface area contributed by atoms with Crippen LogP contribution in [0.1, 0.15) is 17.2 Å². The van der Waals surface area contributed by atoms with Gasteiger partial charge in [-0.2, -0.15) is 5.01 Å². The van der Waals surface area contributed by atoms with Crippen molar-refractivity contribution >= 4 is 17.9 Å². The second kappa shape index (κ2) is 5.81. The number of aliphatic imine (C=N–C) groups is 1. The van der Waals surface area contributed by atoms with Crippen LogP contribution in [0.3, 0.4) is 0 Å². The summed E-state index contributed by atoms with van der Waals surface area (Å²) in [7, 11) is 0. The van der Waals surface area contributed by atoms with Crippen LogP contribution in [0.15, 0.2) is 47.5 Å². The minimum atomic E-state index is -0.941. The topological polar surface area (TPSA) is 40.2 Å². The monoisotopic (exact) mass is 349 g/mol. The molecule has 2 heterocycles. The fourth-order valence-electron chi connectivity index (χ4n) is 3.10. The fraction of sp³-hybridized carbons (Fsp3) is 0.235. The number of halogens is 3. The number of rotatable bonds is 4. The maximum atomic E-state index is 14.4. The summed E-state index contributed by atoms with van der Waals surface area (Å²) in [6, 6.07) is 10.8. The molecule has 24 heavy (non-hydrogen) atoms. The third-order valence-corrected chi connectivity index (χ3v) is 4.62. The number of benzene rings is 2. The summed E-state index contributed by atoms with van der Waals surface area (Å²) in [5, 5.41) is 2.36. The highest BCUT2D eigenvalue weighted by Gasteiger charge is 2.61. The summed E-state index contributed by atoms with van der Waals surface area (Å²) in [6.45, 7) is 0.786. The molecular weight excluding hydrogens is 336 g/mol. The number of nitrogens with zero attached hydrogens (tertiary/aromatic N) is 2. The van der Waals surface area contributed by atoms with E-state index in [-0.39, 0.29) is 0 Å². The van der Waals surface area contributed by atoms with Crippen LogP contribution in [0.5, 0.6) is 0 Å². The van der Waals surface area contributed by atoms with Crippen LogP contribution < -0.4 is 5.43 Å². The summed E-state index contributed by atoms with van der Waals surface area (Å²) in [4.78, 5) is 4.08. The second-order valence-corrected chi connectivity index (χ2v) is 6.22. The van der Waals surface area contributed by atoms with Crippen LogP contribution in [0, 0.1) is 11.6 Å². The molecule has 0 spiro atoms. The molecule has 2 atom stereocenters. The molecular formula is C17H14ClF2N3O. The average Bonchev–Trinajstić information content (AvgIpc) is 3.01. The molecule has 4 nitrogen and oxygen atoms in total. The first-order chi connectivity index (χ1) is 11.6. The maximum absolute atomic E-state index is 14.4. The Morgan fingerprint density at radius 2 is 2.12 bits per heavy atom. The quantitative estimate of drug-likeness (QED) is 0.860. The minimum absolute atomic E-state index is 0.308. The van der Waals surface area contributed by atoms with E-state index in [9.17, 15) is 8.78 Å². The standard InChI is InChI=1S/C17H14ClF2N3O/c18-14-4-2-1-3-12(14)16-17(24-16,8-23-10-21-9-22-23)13-6-5-11(19)7-15(13)20/h1-7,9,16H,8,10H2,(H,21,22)/t16-,17+/m1/s1. The lowest BCUT2D eigenvalue weighted by atomic mass is 9.91. The van der Waals surface area contributed by atoms with Gasteiger partial charge in [-0.15, -0.1) is 0 Å². The van der Waals surface area contributed by atoms with E-state index in [2.05, 4.69) is 10.4 Å². The van der Waals surface area contributed by atoms with E-state index in [0.29, 0.717) is 23.8 Å². The van der Waals surface area contributed by atoms with Crippen molar-refractivity contribution in [2.45, 2.75) is 11.7 Å². The van der Waals surface area contributed by atoms with Gasteiger partial charge in [0.05, 0.1) is 12.9 Å². The highest BCUT2D eigenvalue weighted by Crippen LogP contribution is 2.59. The first kappa shape index (κ1) is 15.5. The molecule has 0 aliphatic carbocycles. The molecule has 0 radical (unpaired) electrons. The average molecular weight is 350 g/mol. The van der Waals surface area contributed by atoms with Crippen molar-refractivity contribution in [2.75, 3.05) is 13.2 Å². The van der Waals surface area contributed by atoms with Crippen molar-refractivity contribution in [2.24, 2.45) is 4.99 Å². The summed E-state index contributed by atoms with van der Waals surface area (Å²) >= 11 is 6.27. The molecule has 4 rings (SSSR count). The fourth-order valence-corrected chi connectivity index (χ4v) is 3.34. The zero-order valence-electron chi connectivity index (χ0n) is 12.5. The number of hydrazine groups is 1. The third-order valence-electron chi connectivity index (χ3n) is 4.28. The van der Waals surface area contributed by atoms with E-state index in [1.54, 1.807) is 17.4 Å². The van der Waals surface area contributed by atoms with Gasteiger partial charge in [0.2, 0.25) is 0 Å². The Labute approximate surface area is 142 Å². The van der Waals surface area contributed by atoms with E-state index in [0.717, 1.165) is 11.6 Å². The normalized spacial score (nSPS) is 25.7. The number of hydrogen-bond donors (Lipinski definition) is 1.